The Morgan fingerprint density at radius 3 is 2.95 bits per heavy atom. The van der Waals surface area contributed by atoms with Crippen LogP contribution >= 0.6 is 27.3 Å². The minimum Gasteiger partial charge on any atom is -0.476 e. The Morgan fingerprint density at radius 2 is 2.37 bits per heavy atom. The molecule has 6 nitrogen and oxygen atoms in total. The van der Waals surface area contributed by atoms with Crippen molar-refractivity contribution >= 4 is 33.2 Å². The molecule has 19 heavy (non-hydrogen) atoms. The Bertz CT molecular complexity index is 605. The fraction of sp³-hybridized carbons (Fsp3) is 0.364. The normalized spacial score (nSPS) is 16.5. The number of carbonyl (C=O) groups is 1. The van der Waals surface area contributed by atoms with Gasteiger partial charge in [0.25, 0.3) is 0 Å². The fourth-order valence-corrected chi connectivity index (χ4v) is 3.54. The maximum absolute atomic E-state index is 10.7. The summed E-state index contributed by atoms with van der Waals surface area (Å²) in [6.07, 6.45) is 1.49. The lowest BCUT2D eigenvalue weighted by Gasteiger charge is -2.38. The van der Waals surface area contributed by atoms with E-state index in [0.29, 0.717) is 0 Å². The van der Waals surface area contributed by atoms with Gasteiger partial charge in [0.15, 0.2) is 5.69 Å². The van der Waals surface area contributed by atoms with Gasteiger partial charge in [-0.3, -0.25) is 4.90 Å². The van der Waals surface area contributed by atoms with Gasteiger partial charge in [-0.2, -0.15) is 0 Å². The highest BCUT2D eigenvalue weighted by Gasteiger charge is 2.29. The Hall–Kier alpha value is -1.25. The van der Waals surface area contributed by atoms with Gasteiger partial charge in [-0.25, -0.2) is 9.48 Å². The predicted octanol–water partition coefficient (Wildman–Crippen LogP) is 1.86. The highest BCUT2D eigenvalue weighted by Crippen LogP contribution is 2.26. The van der Waals surface area contributed by atoms with E-state index in [1.807, 2.05) is 0 Å². The second-order valence-electron chi connectivity index (χ2n) is 4.47. The summed E-state index contributed by atoms with van der Waals surface area (Å²) in [5, 5.41) is 18.3. The molecule has 3 heterocycles. The van der Waals surface area contributed by atoms with Crippen LogP contribution in [-0.2, 0) is 6.54 Å². The van der Waals surface area contributed by atoms with E-state index in [1.165, 1.54) is 11.1 Å². The first-order valence-corrected chi connectivity index (χ1v) is 7.39. The van der Waals surface area contributed by atoms with Crippen molar-refractivity contribution in [1.82, 2.24) is 19.9 Å². The van der Waals surface area contributed by atoms with Crippen molar-refractivity contribution < 1.29 is 9.90 Å². The van der Waals surface area contributed by atoms with Gasteiger partial charge in [-0.1, -0.05) is 5.21 Å². The van der Waals surface area contributed by atoms with Gasteiger partial charge in [0, 0.05) is 34.4 Å². The monoisotopic (exact) mass is 342 g/mol. The maximum Gasteiger partial charge on any atom is 0.358 e. The lowest BCUT2D eigenvalue weighted by Crippen LogP contribution is -2.47. The van der Waals surface area contributed by atoms with Crippen LogP contribution in [0.15, 0.2) is 22.1 Å². The van der Waals surface area contributed by atoms with Crippen molar-refractivity contribution in [2.75, 3.05) is 13.1 Å². The van der Waals surface area contributed by atoms with E-state index in [-0.39, 0.29) is 11.7 Å². The van der Waals surface area contributed by atoms with Gasteiger partial charge in [0.1, 0.15) is 0 Å². The molecule has 0 aliphatic carbocycles. The van der Waals surface area contributed by atoms with E-state index in [4.69, 9.17) is 5.11 Å². The summed E-state index contributed by atoms with van der Waals surface area (Å²) >= 11 is 5.17. The van der Waals surface area contributed by atoms with Crippen LogP contribution in [0.4, 0.5) is 0 Å². The van der Waals surface area contributed by atoms with Crippen LogP contribution in [0, 0.1) is 0 Å². The molecule has 3 rings (SSSR count). The molecule has 1 N–H and O–H groups in total. The van der Waals surface area contributed by atoms with Crippen LogP contribution in [0.1, 0.15) is 21.4 Å². The molecule has 0 aromatic carbocycles. The Balaban J connectivity index is 1.55. The molecular weight excluding hydrogens is 332 g/mol. The first-order chi connectivity index (χ1) is 9.11. The lowest BCUT2D eigenvalue weighted by atomic mass is 10.1. The summed E-state index contributed by atoms with van der Waals surface area (Å²) in [6, 6.07) is 2.35. The fourth-order valence-electron chi connectivity index (χ4n) is 2.05. The van der Waals surface area contributed by atoms with Gasteiger partial charge in [-0.05, 0) is 22.0 Å². The lowest BCUT2D eigenvalue weighted by molar-refractivity contribution is 0.0690. The van der Waals surface area contributed by atoms with Gasteiger partial charge in [0.05, 0.1) is 12.2 Å². The summed E-state index contributed by atoms with van der Waals surface area (Å²) in [7, 11) is 0. The molecule has 0 spiro atoms. The van der Waals surface area contributed by atoms with E-state index in [0.717, 1.165) is 24.1 Å². The summed E-state index contributed by atoms with van der Waals surface area (Å²) in [6.45, 7) is 2.67. The molecule has 0 atom stereocenters. The molecule has 0 bridgehead atoms. The molecule has 0 saturated carbocycles. The first kappa shape index (κ1) is 12.8. The van der Waals surface area contributed by atoms with Crippen LogP contribution in [0.5, 0.6) is 0 Å². The van der Waals surface area contributed by atoms with E-state index >= 15 is 0 Å². The molecule has 1 aliphatic heterocycles. The second kappa shape index (κ2) is 5.03. The zero-order valence-corrected chi connectivity index (χ0v) is 12.3. The molecule has 1 saturated heterocycles. The summed E-state index contributed by atoms with van der Waals surface area (Å²) in [5.74, 6) is -1.04. The number of likely N-dealkylation sites (tertiary alicyclic amines) is 1. The topological polar surface area (TPSA) is 71.2 Å². The Morgan fingerprint density at radius 1 is 1.58 bits per heavy atom. The van der Waals surface area contributed by atoms with Gasteiger partial charge in [-0.15, -0.1) is 16.4 Å². The van der Waals surface area contributed by atoms with Crippen molar-refractivity contribution in [3.8, 4) is 0 Å². The smallest absolute Gasteiger partial charge is 0.358 e. The van der Waals surface area contributed by atoms with Crippen LogP contribution < -0.4 is 0 Å². The maximum atomic E-state index is 10.7. The third-order valence-corrected chi connectivity index (χ3v) is 4.73. The summed E-state index contributed by atoms with van der Waals surface area (Å²) < 4.78 is 2.76. The largest absolute Gasteiger partial charge is 0.476 e. The van der Waals surface area contributed by atoms with Crippen molar-refractivity contribution in [3.05, 3.63) is 32.7 Å². The minimum atomic E-state index is -1.04. The van der Waals surface area contributed by atoms with E-state index in [1.54, 1.807) is 16.0 Å². The zero-order valence-electron chi connectivity index (χ0n) is 9.86. The van der Waals surface area contributed by atoms with E-state index < -0.39 is 5.97 Å². The Kier molecular flexibility index (Phi) is 3.38. The van der Waals surface area contributed by atoms with Gasteiger partial charge < -0.3 is 5.11 Å². The van der Waals surface area contributed by atoms with Gasteiger partial charge >= 0.3 is 5.97 Å². The average molecular weight is 343 g/mol. The van der Waals surface area contributed by atoms with Crippen LogP contribution in [0.3, 0.4) is 0 Å². The van der Waals surface area contributed by atoms with Crippen molar-refractivity contribution in [1.29, 1.82) is 0 Å². The quantitative estimate of drug-likeness (QED) is 0.918. The molecule has 0 amide bonds. The highest BCUT2D eigenvalue weighted by molar-refractivity contribution is 9.10. The molecule has 8 heteroatoms. The molecule has 2 aromatic heterocycles. The molecule has 100 valence electrons. The van der Waals surface area contributed by atoms with Crippen molar-refractivity contribution in [3.63, 3.8) is 0 Å². The number of thiophene rings is 1. The number of carboxylic acid groups (broad SMARTS) is 1. The molecular formula is C11H11BrN4O2S. The summed E-state index contributed by atoms with van der Waals surface area (Å²) in [4.78, 5) is 14.3. The molecule has 0 radical (unpaired) electrons. The van der Waals surface area contributed by atoms with Crippen LogP contribution in [-0.4, -0.2) is 44.1 Å². The Labute approximate surface area is 121 Å². The highest BCUT2D eigenvalue weighted by atomic mass is 79.9. The number of nitrogens with zero attached hydrogens (tertiary/aromatic N) is 4. The number of aromatic nitrogens is 3. The number of halogens is 1. The van der Waals surface area contributed by atoms with E-state index in [2.05, 4.69) is 42.6 Å². The van der Waals surface area contributed by atoms with Crippen molar-refractivity contribution in [2.45, 2.75) is 12.6 Å². The number of carboxylic acids is 1. The molecule has 1 aliphatic rings. The molecule has 1 fully saturated rings. The number of rotatable bonds is 4. The SMILES string of the molecule is O=C(O)c1cn(C2CN(Cc3cc(Br)cs3)C2)nn1. The van der Waals surface area contributed by atoms with E-state index in [9.17, 15) is 4.79 Å². The van der Waals surface area contributed by atoms with Crippen LogP contribution in [0.2, 0.25) is 0 Å². The van der Waals surface area contributed by atoms with Crippen LogP contribution in [0.25, 0.3) is 0 Å². The minimum absolute atomic E-state index is 0.000590. The standard InChI is InChI=1S/C11H11BrN4O2S/c12-7-1-9(19-6-7)4-15-2-8(3-15)16-5-10(11(17)18)13-14-16/h1,5-6,8H,2-4H2,(H,17,18). The van der Waals surface area contributed by atoms with Crippen molar-refractivity contribution in [2.24, 2.45) is 0 Å². The third-order valence-electron chi connectivity index (χ3n) is 3.04. The number of aromatic carboxylic acids is 1. The zero-order chi connectivity index (χ0) is 13.4. The molecule has 0 unspecified atom stereocenters. The summed E-state index contributed by atoms with van der Waals surface area (Å²) in [5.41, 5.74) is 0.000590. The average Bonchev–Trinajstić information content (AvgIpc) is 2.91. The first-order valence-electron chi connectivity index (χ1n) is 5.72. The third kappa shape index (κ3) is 2.70. The number of hydrogen-bond donors (Lipinski definition) is 1. The van der Waals surface area contributed by atoms with Gasteiger partial charge in [0.2, 0.25) is 0 Å². The number of hydrogen-bond acceptors (Lipinski definition) is 5. The second-order valence-corrected chi connectivity index (χ2v) is 6.38. The predicted molar refractivity (Wildman–Crippen MR) is 73.3 cm³/mol. The molecule has 2 aromatic rings.